The van der Waals surface area contributed by atoms with E-state index >= 15 is 0 Å². The van der Waals surface area contributed by atoms with E-state index in [0.29, 0.717) is 12.8 Å². The summed E-state index contributed by atoms with van der Waals surface area (Å²) in [6.45, 7) is 3.33. The molecule has 0 bridgehead atoms. The molecule has 0 aliphatic heterocycles. The molecule has 6 atom stereocenters. The lowest BCUT2D eigenvalue weighted by Gasteiger charge is -2.41. The number of hydrogen-bond acceptors (Lipinski definition) is 12. The Hall–Kier alpha value is -1.41. The summed E-state index contributed by atoms with van der Waals surface area (Å²) in [4.78, 5) is 35.8. The maximum absolute atomic E-state index is 12.9. The molecule has 0 radical (unpaired) electrons. The van der Waals surface area contributed by atoms with Crippen LogP contribution in [0.15, 0.2) is 12.2 Å². The van der Waals surface area contributed by atoms with E-state index in [1.54, 1.807) is 0 Å². The summed E-state index contributed by atoms with van der Waals surface area (Å²) >= 11 is 0. The van der Waals surface area contributed by atoms with Crippen molar-refractivity contribution in [2.24, 2.45) is 0 Å². The van der Waals surface area contributed by atoms with Gasteiger partial charge in [0, 0.05) is 12.8 Å². The molecule has 0 aromatic rings. The minimum Gasteiger partial charge on any atom is -0.462 e. The molecule has 0 spiro atoms. The van der Waals surface area contributed by atoms with Gasteiger partial charge < -0.3 is 39.9 Å². The molecule has 66 heavy (non-hydrogen) atoms. The number of carbonyl (C=O) groups is 2. The summed E-state index contributed by atoms with van der Waals surface area (Å²) < 4.78 is 33.7. The van der Waals surface area contributed by atoms with Gasteiger partial charge in [-0.25, -0.2) is 4.57 Å². The van der Waals surface area contributed by atoms with Gasteiger partial charge in [0.05, 0.1) is 6.61 Å². The van der Waals surface area contributed by atoms with Crippen LogP contribution in [0.25, 0.3) is 0 Å². The first-order valence-corrected chi connectivity index (χ1v) is 28.5. The molecule has 0 saturated heterocycles. The van der Waals surface area contributed by atoms with Crippen molar-refractivity contribution >= 4 is 19.8 Å². The van der Waals surface area contributed by atoms with Crippen molar-refractivity contribution in [2.45, 2.75) is 294 Å². The van der Waals surface area contributed by atoms with E-state index in [2.05, 4.69) is 26.0 Å². The number of ether oxygens (including phenoxy) is 2. The van der Waals surface area contributed by atoms with E-state index in [1.165, 1.54) is 154 Å². The standard InChI is InChI=1S/C52H99O13P/c1-3-5-7-9-11-13-15-17-19-20-21-22-23-24-25-27-28-30-32-34-36-38-40-45(53)62-42-44(43-63-66(60,61)65-52-50(58)48(56)47(55)49(57)51(52)59)64-46(54)41-39-37-35-33-31-29-26-18-16-14-12-10-8-6-4-2/h18,26,44,47-52,55-59H,3-17,19-25,27-43H2,1-2H3,(H,60,61)/b26-18-. The van der Waals surface area contributed by atoms with E-state index in [4.69, 9.17) is 18.5 Å². The highest BCUT2D eigenvalue weighted by molar-refractivity contribution is 7.47. The molecule has 6 N–H and O–H groups in total. The third-order valence-electron chi connectivity index (χ3n) is 12.9. The zero-order valence-corrected chi connectivity index (χ0v) is 42.7. The van der Waals surface area contributed by atoms with Crippen LogP contribution in [0.1, 0.15) is 251 Å². The Morgan fingerprint density at radius 3 is 1.15 bits per heavy atom. The fourth-order valence-electron chi connectivity index (χ4n) is 8.52. The second-order valence-electron chi connectivity index (χ2n) is 19.1. The van der Waals surface area contributed by atoms with E-state index in [9.17, 15) is 44.6 Å². The van der Waals surface area contributed by atoms with Crippen LogP contribution in [-0.2, 0) is 32.7 Å². The van der Waals surface area contributed by atoms with Crippen molar-refractivity contribution < 1.29 is 63.1 Å². The van der Waals surface area contributed by atoms with Crippen molar-refractivity contribution in [3.05, 3.63) is 12.2 Å². The SMILES string of the molecule is CCCCCCCC/C=C\CCCCCCCC(=O)OC(COC(=O)CCCCCCCCCCCCCCCCCCCCCCCC)COP(=O)(O)OC1C(O)C(O)C(O)C(O)C1O. The molecule has 0 heterocycles. The Balaban J connectivity index is 2.34. The number of allylic oxidation sites excluding steroid dienone is 2. The van der Waals surface area contributed by atoms with E-state index in [1.807, 2.05) is 0 Å². The Labute approximate surface area is 401 Å². The molecule has 0 aromatic carbocycles. The molecule has 13 nitrogen and oxygen atoms in total. The molecule has 1 saturated carbocycles. The molecule has 390 valence electrons. The van der Waals surface area contributed by atoms with Gasteiger partial charge in [0.25, 0.3) is 0 Å². The second-order valence-corrected chi connectivity index (χ2v) is 20.5. The number of rotatable bonds is 46. The largest absolute Gasteiger partial charge is 0.472 e. The molecule has 1 aliphatic carbocycles. The lowest BCUT2D eigenvalue weighted by molar-refractivity contribution is -0.220. The summed E-state index contributed by atoms with van der Waals surface area (Å²) in [5, 5.41) is 50.3. The number of hydrogen-bond donors (Lipinski definition) is 6. The van der Waals surface area contributed by atoms with Crippen LogP contribution >= 0.6 is 7.82 Å². The van der Waals surface area contributed by atoms with Gasteiger partial charge in [0.2, 0.25) is 0 Å². The summed E-state index contributed by atoms with van der Waals surface area (Å²) in [7, 11) is -5.12. The Morgan fingerprint density at radius 1 is 0.455 bits per heavy atom. The molecule has 14 heteroatoms. The molecule has 0 aromatic heterocycles. The summed E-state index contributed by atoms with van der Waals surface area (Å²) in [6, 6.07) is 0. The first-order valence-electron chi connectivity index (χ1n) is 27.0. The number of aliphatic hydroxyl groups is 5. The van der Waals surface area contributed by atoms with Crippen molar-refractivity contribution in [1.82, 2.24) is 0 Å². The molecule has 1 aliphatic rings. The van der Waals surface area contributed by atoms with Gasteiger partial charge in [-0.1, -0.05) is 212 Å². The van der Waals surface area contributed by atoms with Crippen LogP contribution < -0.4 is 0 Å². The van der Waals surface area contributed by atoms with Crippen LogP contribution in [0.2, 0.25) is 0 Å². The van der Waals surface area contributed by atoms with Gasteiger partial charge in [-0.3, -0.25) is 18.6 Å². The van der Waals surface area contributed by atoms with Gasteiger partial charge in [-0.15, -0.1) is 0 Å². The fraction of sp³-hybridized carbons (Fsp3) is 0.923. The van der Waals surface area contributed by atoms with Crippen molar-refractivity contribution in [3.63, 3.8) is 0 Å². The Bertz CT molecular complexity index is 1200. The highest BCUT2D eigenvalue weighted by atomic mass is 31.2. The predicted molar refractivity (Wildman–Crippen MR) is 263 cm³/mol. The quantitative estimate of drug-likeness (QED) is 0.0145. The van der Waals surface area contributed by atoms with Crippen LogP contribution in [0, 0.1) is 0 Å². The molecule has 0 amide bonds. The minimum atomic E-state index is -5.12. The fourth-order valence-corrected chi connectivity index (χ4v) is 9.49. The van der Waals surface area contributed by atoms with Gasteiger partial charge in [0.15, 0.2) is 6.10 Å². The molecular weight excluding hydrogens is 864 g/mol. The number of phosphoric ester groups is 1. The number of carbonyl (C=O) groups excluding carboxylic acids is 2. The van der Waals surface area contributed by atoms with Crippen molar-refractivity contribution in [2.75, 3.05) is 13.2 Å². The van der Waals surface area contributed by atoms with Crippen molar-refractivity contribution in [3.8, 4) is 0 Å². The summed E-state index contributed by atoms with van der Waals surface area (Å²) in [5.41, 5.74) is 0. The zero-order valence-electron chi connectivity index (χ0n) is 41.8. The Kier molecular flexibility index (Phi) is 40.3. The van der Waals surface area contributed by atoms with Gasteiger partial charge in [-0.2, -0.15) is 0 Å². The smallest absolute Gasteiger partial charge is 0.462 e. The maximum Gasteiger partial charge on any atom is 0.472 e. The number of esters is 2. The average Bonchev–Trinajstić information content (AvgIpc) is 3.30. The van der Waals surface area contributed by atoms with E-state index in [-0.39, 0.29) is 12.8 Å². The third-order valence-corrected chi connectivity index (χ3v) is 13.8. The van der Waals surface area contributed by atoms with Crippen molar-refractivity contribution in [1.29, 1.82) is 0 Å². The molecule has 6 unspecified atom stereocenters. The highest BCUT2D eigenvalue weighted by Gasteiger charge is 2.51. The summed E-state index contributed by atoms with van der Waals surface area (Å²) in [5.74, 6) is -1.09. The van der Waals surface area contributed by atoms with Gasteiger partial charge >= 0.3 is 19.8 Å². The predicted octanol–water partition coefficient (Wildman–Crippen LogP) is 11.8. The van der Waals surface area contributed by atoms with Crippen LogP contribution in [0.3, 0.4) is 0 Å². The van der Waals surface area contributed by atoms with Crippen LogP contribution in [0.4, 0.5) is 0 Å². The average molecular weight is 963 g/mol. The highest BCUT2D eigenvalue weighted by Crippen LogP contribution is 2.47. The van der Waals surface area contributed by atoms with Gasteiger partial charge in [0.1, 0.15) is 43.2 Å². The van der Waals surface area contributed by atoms with Gasteiger partial charge in [-0.05, 0) is 38.5 Å². The zero-order chi connectivity index (χ0) is 48.5. The second kappa shape index (κ2) is 42.5. The molecule has 1 rings (SSSR count). The molecule has 1 fully saturated rings. The minimum absolute atomic E-state index is 0.0912. The molecular formula is C52H99O13P. The summed E-state index contributed by atoms with van der Waals surface area (Å²) in [6.07, 6.45) is 34.1. The number of unbranched alkanes of at least 4 members (excludes halogenated alkanes) is 32. The van der Waals surface area contributed by atoms with Crippen LogP contribution in [0.5, 0.6) is 0 Å². The lowest BCUT2D eigenvalue weighted by atomic mass is 9.85. The number of aliphatic hydroxyl groups excluding tert-OH is 5. The maximum atomic E-state index is 12.9. The lowest BCUT2D eigenvalue weighted by Crippen LogP contribution is -2.64. The normalized spacial score (nSPS) is 21.3. The first-order chi connectivity index (χ1) is 31.9. The third kappa shape index (κ3) is 34.0. The monoisotopic (exact) mass is 963 g/mol. The first kappa shape index (κ1) is 62.6. The number of phosphoric acid groups is 1. The van der Waals surface area contributed by atoms with E-state index in [0.717, 1.165) is 57.8 Å². The topological polar surface area (TPSA) is 210 Å². The Morgan fingerprint density at radius 2 is 0.773 bits per heavy atom. The van der Waals surface area contributed by atoms with Crippen LogP contribution in [-0.4, -0.2) is 98.3 Å². The van der Waals surface area contributed by atoms with E-state index < -0.39 is 75.7 Å².